The summed E-state index contributed by atoms with van der Waals surface area (Å²) < 4.78 is 0. The third kappa shape index (κ3) is 0.858. The summed E-state index contributed by atoms with van der Waals surface area (Å²) in [6.07, 6.45) is 2.80. The maximum absolute atomic E-state index is 5.03. The van der Waals surface area contributed by atoms with Crippen LogP contribution in [0.25, 0.3) is 0 Å². The van der Waals surface area contributed by atoms with Gasteiger partial charge < -0.3 is 0 Å². The van der Waals surface area contributed by atoms with Crippen molar-refractivity contribution in [2.45, 2.75) is 38.8 Å². The van der Waals surface area contributed by atoms with Crippen LogP contribution in [0.3, 0.4) is 0 Å². The highest BCUT2D eigenvalue weighted by molar-refractivity contribution is 4.77. The van der Waals surface area contributed by atoms with Gasteiger partial charge >= 0.3 is 0 Å². The van der Waals surface area contributed by atoms with Crippen molar-refractivity contribution in [3.05, 3.63) is 0 Å². The SMILES string of the molecule is CCC1NOC1CC. The molecule has 2 atom stereocenters. The van der Waals surface area contributed by atoms with E-state index in [2.05, 4.69) is 19.3 Å². The van der Waals surface area contributed by atoms with Crippen molar-refractivity contribution < 1.29 is 4.84 Å². The molecule has 0 aromatic carbocycles. The van der Waals surface area contributed by atoms with Gasteiger partial charge in [0.25, 0.3) is 0 Å². The molecule has 2 heteroatoms. The number of hydrogen-bond donors (Lipinski definition) is 1. The minimum atomic E-state index is 0.486. The largest absolute Gasteiger partial charge is 0.296 e. The molecule has 1 rings (SSSR count). The van der Waals surface area contributed by atoms with Crippen LogP contribution in [0, 0.1) is 0 Å². The summed E-state index contributed by atoms with van der Waals surface area (Å²) >= 11 is 0. The lowest BCUT2D eigenvalue weighted by molar-refractivity contribution is -0.170. The Labute approximate surface area is 50.2 Å². The Hall–Kier alpha value is -0.0800. The molecule has 0 amide bonds. The fourth-order valence-electron chi connectivity index (χ4n) is 0.975. The molecule has 1 aliphatic heterocycles. The molecule has 48 valence electrons. The van der Waals surface area contributed by atoms with Crippen LogP contribution in [-0.2, 0) is 4.84 Å². The van der Waals surface area contributed by atoms with Crippen LogP contribution in [-0.4, -0.2) is 12.1 Å². The highest BCUT2D eigenvalue weighted by atomic mass is 16.7. The molecule has 2 nitrogen and oxygen atoms in total. The zero-order chi connectivity index (χ0) is 5.98. The van der Waals surface area contributed by atoms with Gasteiger partial charge in [-0.25, -0.2) is 0 Å². The second kappa shape index (κ2) is 2.46. The molecule has 0 radical (unpaired) electrons. The third-order valence-electron chi connectivity index (χ3n) is 1.66. The number of rotatable bonds is 2. The van der Waals surface area contributed by atoms with Crippen LogP contribution in [0.5, 0.6) is 0 Å². The average molecular weight is 115 g/mol. The van der Waals surface area contributed by atoms with E-state index in [-0.39, 0.29) is 0 Å². The van der Waals surface area contributed by atoms with E-state index >= 15 is 0 Å². The summed E-state index contributed by atoms with van der Waals surface area (Å²) in [4.78, 5) is 5.03. The van der Waals surface area contributed by atoms with E-state index in [1.165, 1.54) is 6.42 Å². The predicted octanol–water partition coefficient (Wildman–Crippen LogP) is 1.08. The van der Waals surface area contributed by atoms with E-state index < -0.39 is 0 Å². The number of nitrogens with one attached hydrogen (secondary N) is 1. The van der Waals surface area contributed by atoms with Crippen molar-refractivity contribution in [3.8, 4) is 0 Å². The first kappa shape index (κ1) is 6.05. The Kier molecular flexibility index (Phi) is 1.86. The van der Waals surface area contributed by atoms with Gasteiger partial charge in [-0.1, -0.05) is 13.8 Å². The third-order valence-corrected chi connectivity index (χ3v) is 1.66. The monoisotopic (exact) mass is 115 g/mol. The van der Waals surface area contributed by atoms with Gasteiger partial charge in [-0.3, -0.25) is 4.84 Å². The van der Waals surface area contributed by atoms with Gasteiger partial charge in [0.15, 0.2) is 0 Å². The Morgan fingerprint density at radius 2 is 2.12 bits per heavy atom. The standard InChI is InChI=1S/C6H13NO/c1-3-5-6(4-2)8-7-5/h5-7H,3-4H2,1-2H3. The highest BCUT2D eigenvalue weighted by Gasteiger charge is 2.27. The minimum absolute atomic E-state index is 0.486. The summed E-state index contributed by atoms with van der Waals surface area (Å²) in [5, 5.41) is 0. The lowest BCUT2D eigenvalue weighted by atomic mass is 10.1. The second-order valence-corrected chi connectivity index (χ2v) is 2.20. The van der Waals surface area contributed by atoms with Crippen LogP contribution < -0.4 is 5.48 Å². The lowest BCUT2D eigenvalue weighted by Crippen LogP contribution is -2.54. The predicted molar refractivity (Wildman–Crippen MR) is 32.4 cm³/mol. The van der Waals surface area contributed by atoms with Gasteiger partial charge in [0.1, 0.15) is 0 Å². The molecule has 1 saturated heterocycles. The van der Waals surface area contributed by atoms with Crippen molar-refractivity contribution in [3.63, 3.8) is 0 Å². The van der Waals surface area contributed by atoms with Crippen molar-refractivity contribution in [2.24, 2.45) is 0 Å². The first-order valence-corrected chi connectivity index (χ1v) is 3.29. The zero-order valence-electron chi connectivity index (χ0n) is 5.48. The molecular formula is C6H13NO. The van der Waals surface area contributed by atoms with E-state index in [0.717, 1.165) is 6.42 Å². The fraction of sp³-hybridized carbons (Fsp3) is 1.00. The summed E-state index contributed by atoms with van der Waals surface area (Å²) in [5.74, 6) is 0. The molecule has 0 aromatic rings. The van der Waals surface area contributed by atoms with Gasteiger partial charge in [0, 0.05) is 0 Å². The summed E-state index contributed by atoms with van der Waals surface area (Å²) in [5.41, 5.74) is 2.90. The quantitative estimate of drug-likeness (QED) is 0.581. The molecule has 8 heavy (non-hydrogen) atoms. The first-order chi connectivity index (χ1) is 3.88. The van der Waals surface area contributed by atoms with E-state index in [9.17, 15) is 0 Å². The number of hydroxylamine groups is 1. The molecule has 1 N–H and O–H groups in total. The lowest BCUT2D eigenvalue weighted by Gasteiger charge is -2.35. The topological polar surface area (TPSA) is 21.3 Å². The molecule has 1 aliphatic rings. The van der Waals surface area contributed by atoms with E-state index in [4.69, 9.17) is 4.84 Å². The molecule has 0 spiro atoms. The molecule has 0 saturated carbocycles. The van der Waals surface area contributed by atoms with Crippen LogP contribution in [0.15, 0.2) is 0 Å². The van der Waals surface area contributed by atoms with Gasteiger partial charge in [0.05, 0.1) is 12.1 Å². The summed E-state index contributed by atoms with van der Waals surface area (Å²) in [6, 6.07) is 0.625. The summed E-state index contributed by atoms with van der Waals surface area (Å²) in [7, 11) is 0. The van der Waals surface area contributed by atoms with Gasteiger partial charge in [0.2, 0.25) is 0 Å². The highest BCUT2D eigenvalue weighted by Crippen LogP contribution is 2.14. The second-order valence-electron chi connectivity index (χ2n) is 2.20. The van der Waals surface area contributed by atoms with E-state index in [0.29, 0.717) is 12.1 Å². The van der Waals surface area contributed by atoms with Crippen LogP contribution in [0.1, 0.15) is 26.7 Å². The normalized spacial score (nSPS) is 36.8. The molecular weight excluding hydrogens is 102 g/mol. The van der Waals surface area contributed by atoms with Crippen LogP contribution in [0.4, 0.5) is 0 Å². The van der Waals surface area contributed by atoms with Crippen molar-refractivity contribution in [1.29, 1.82) is 0 Å². The zero-order valence-corrected chi connectivity index (χ0v) is 5.48. The van der Waals surface area contributed by atoms with Crippen molar-refractivity contribution >= 4 is 0 Å². The Balaban J connectivity index is 2.16. The van der Waals surface area contributed by atoms with Gasteiger partial charge in [-0.2, -0.15) is 5.48 Å². The molecule has 0 aliphatic carbocycles. The minimum Gasteiger partial charge on any atom is -0.296 e. The van der Waals surface area contributed by atoms with Crippen molar-refractivity contribution in [2.75, 3.05) is 0 Å². The number of hydrogen-bond acceptors (Lipinski definition) is 2. The first-order valence-electron chi connectivity index (χ1n) is 3.29. The molecule has 1 fully saturated rings. The molecule has 0 aromatic heterocycles. The fourth-order valence-corrected chi connectivity index (χ4v) is 0.975. The average Bonchev–Trinajstić information content (AvgIpc) is 1.66. The maximum Gasteiger partial charge on any atom is 0.0963 e. The molecule has 1 heterocycles. The maximum atomic E-state index is 5.03. The van der Waals surface area contributed by atoms with E-state index in [1.54, 1.807) is 0 Å². The van der Waals surface area contributed by atoms with Gasteiger partial charge in [-0.05, 0) is 12.8 Å². The van der Waals surface area contributed by atoms with E-state index in [1.807, 2.05) is 0 Å². The molecule has 2 unspecified atom stereocenters. The van der Waals surface area contributed by atoms with Gasteiger partial charge in [-0.15, -0.1) is 0 Å². The molecule has 0 bridgehead atoms. The van der Waals surface area contributed by atoms with Crippen LogP contribution >= 0.6 is 0 Å². The Bertz CT molecular complexity index is 60.9. The Morgan fingerprint density at radius 3 is 2.25 bits per heavy atom. The Morgan fingerprint density at radius 1 is 1.38 bits per heavy atom. The summed E-state index contributed by atoms with van der Waals surface area (Å²) in [6.45, 7) is 4.32. The van der Waals surface area contributed by atoms with Crippen LogP contribution in [0.2, 0.25) is 0 Å². The smallest absolute Gasteiger partial charge is 0.0963 e. The van der Waals surface area contributed by atoms with Crippen molar-refractivity contribution in [1.82, 2.24) is 5.48 Å².